The number of aromatic hydroxyl groups is 1. The highest BCUT2D eigenvalue weighted by Crippen LogP contribution is 2.32. The molecule has 38 heavy (non-hydrogen) atoms. The van der Waals surface area contributed by atoms with Crippen molar-refractivity contribution in [2.45, 2.75) is 25.0 Å². The third-order valence-corrected chi connectivity index (χ3v) is 7.66. The number of fused-ring (bicyclic) bond motifs is 1. The van der Waals surface area contributed by atoms with E-state index in [1.165, 1.54) is 19.2 Å². The van der Waals surface area contributed by atoms with Crippen LogP contribution in [0, 0.1) is 6.92 Å². The lowest BCUT2D eigenvalue weighted by Gasteiger charge is -2.08. The molecular formula is C29H26N2O6S. The van der Waals surface area contributed by atoms with Gasteiger partial charge in [0, 0.05) is 6.07 Å². The molecular weight excluding hydrogens is 504 g/mol. The molecule has 0 unspecified atom stereocenters. The van der Waals surface area contributed by atoms with Crippen LogP contribution >= 0.6 is 0 Å². The Bertz CT molecular complexity index is 1680. The second kappa shape index (κ2) is 10.5. The smallest absolute Gasteiger partial charge is 0.283 e. The van der Waals surface area contributed by atoms with Crippen molar-refractivity contribution in [1.29, 1.82) is 0 Å². The van der Waals surface area contributed by atoms with Crippen LogP contribution in [0.2, 0.25) is 0 Å². The van der Waals surface area contributed by atoms with Gasteiger partial charge in [-0.3, -0.25) is 0 Å². The molecule has 0 saturated heterocycles. The fraction of sp³-hybridized carbons (Fsp3) is 0.138. The van der Waals surface area contributed by atoms with Gasteiger partial charge in [0.2, 0.25) is 5.88 Å². The summed E-state index contributed by atoms with van der Waals surface area (Å²) < 4.78 is 45.0. The van der Waals surface area contributed by atoms with E-state index in [0.717, 1.165) is 21.0 Å². The van der Waals surface area contributed by atoms with Gasteiger partial charge in [0.15, 0.2) is 0 Å². The van der Waals surface area contributed by atoms with Gasteiger partial charge in [-0.05, 0) is 60.0 Å². The van der Waals surface area contributed by atoms with E-state index in [1.807, 2.05) is 54.6 Å². The summed E-state index contributed by atoms with van der Waals surface area (Å²) in [5.74, 6) is 1.29. The van der Waals surface area contributed by atoms with Gasteiger partial charge >= 0.3 is 0 Å². The molecule has 0 radical (unpaired) electrons. The summed E-state index contributed by atoms with van der Waals surface area (Å²) in [7, 11) is -2.59. The molecule has 0 aliphatic carbocycles. The number of ether oxygens (including phenoxy) is 3. The highest BCUT2D eigenvalue weighted by molar-refractivity contribution is 7.90. The van der Waals surface area contributed by atoms with Crippen molar-refractivity contribution in [3.63, 3.8) is 0 Å². The third kappa shape index (κ3) is 5.14. The molecule has 1 aromatic heterocycles. The lowest BCUT2D eigenvalue weighted by Crippen LogP contribution is -2.14. The normalized spacial score (nSPS) is 11.4. The molecule has 4 aromatic carbocycles. The molecule has 1 heterocycles. The molecule has 8 nitrogen and oxygen atoms in total. The fourth-order valence-corrected chi connectivity index (χ4v) is 5.18. The minimum absolute atomic E-state index is 0.0848. The van der Waals surface area contributed by atoms with E-state index in [-0.39, 0.29) is 23.1 Å². The molecule has 0 amide bonds. The molecule has 1 N–H and O–H groups in total. The number of hydrogen-bond donors (Lipinski definition) is 1. The van der Waals surface area contributed by atoms with Gasteiger partial charge in [-0.25, -0.2) is 0 Å². The van der Waals surface area contributed by atoms with Crippen molar-refractivity contribution in [1.82, 2.24) is 9.19 Å². The van der Waals surface area contributed by atoms with E-state index < -0.39 is 10.0 Å². The Morgan fingerprint density at radius 1 is 0.816 bits per heavy atom. The highest BCUT2D eigenvalue weighted by Gasteiger charge is 2.25. The SMILES string of the molecule is COc1ccc2c(c1)c(OCc1ccc(OCc3ccccc3)cc1)nn2S(=O)(=O)c1ccc(C)c(O)c1. The predicted molar refractivity (Wildman–Crippen MR) is 143 cm³/mol. The Morgan fingerprint density at radius 3 is 2.21 bits per heavy atom. The maximum atomic E-state index is 13.4. The minimum Gasteiger partial charge on any atom is -0.508 e. The Kier molecular flexibility index (Phi) is 6.93. The first-order valence-electron chi connectivity index (χ1n) is 11.9. The zero-order chi connectivity index (χ0) is 26.7. The van der Waals surface area contributed by atoms with Gasteiger partial charge in [0.25, 0.3) is 10.0 Å². The number of nitrogens with zero attached hydrogens (tertiary/aromatic N) is 2. The standard InChI is InChI=1S/C29H26N2O6S/c1-20-8-14-25(17-28(20)32)38(33,34)31-27-15-13-24(35-2)16-26(27)29(30-31)37-19-22-9-11-23(12-10-22)36-18-21-6-4-3-5-7-21/h3-17,32H,18-19H2,1-2H3. The summed E-state index contributed by atoms with van der Waals surface area (Å²) in [6, 6.07) is 26.5. The molecule has 0 spiro atoms. The van der Waals surface area contributed by atoms with E-state index >= 15 is 0 Å². The molecule has 0 aliphatic rings. The van der Waals surface area contributed by atoms with Crippen molar-refractivity contribution in [3.8, 4) is 23.1 Å². The predicted octanol–water partition coefficient (Wildman–Crippen LogP) is 5.45. The topological polar surface area (TPSA) is 99.9 Å². The van der Waals surface area contributed by atoms with Gasteiger partial charge in [-0.1, -0.05) is 48.5 Å². The average molecular weight is 531 g/mol. The average Bonchev–Trinajstić information content (AvgIpc) is 3.32. The third-order valence-electron chi connectivity index (χ3n) is 6.08. The van der Waals surface area contributed by atoms with Crippen LogP contribution in [0.3, 0.4) is 0 Å². The second-order valence-electron chi connectivity index (χ2n) is 8.69. The van der Waals surface area contributed by atoms with Crippen LogP contribution in [-0.4, -0.2) is 29.8 Å². The van der Waals surface area contributed by atoms with Crippen molar-refractivity contribution < 1.29 is 27.7 Å². The Balaban J connectivity index is 1.39. The Morgan fingerprint density at radius 2 is 1.50 bits per heavy atom. The Hall–Kier alpha value is -4.50. The van der Waals surface area contributed by atoms with Crippen molar-refractivity contribution in [2.24, 2.45) is 0 Å². The van der Waals surface area contributed by atoms with Crippen LogP contribution in [0.25, 0.3) is 10.9 Å². The summed E-state index contributed by atoms with van der Waals surface area (Å²) in [5.41, 5.74) is 2.83. The number of hydrogen-bond acceptors (Lipinski definition) is 7. The van der Waals surface area contributed by atoms with Gasteiger partial charge in [0.05, 0.1) is 22.9 Å². The minimum atomic E-state index is -4.11. The maximum absolute atomic E-state index is 13.4. The van der Waals surface area contributed by atoms with Crippen LogP contribution in [0.1, 0.15) is 16.7 Å². The van der Waals surface area contributed by atoms with E-state index in [1.54, 1.807) is 31.2 Å². The highest BCUT2D eigenvalue weighted by atomic mass is 32.2. The van der Waals surface area contributed by atoms with Crippen molar-refractivity contribution in [3.05, 3.63) is 108 Å². The van der Waals surface area contributed by atoms with Crippen LogP contribution in [0.5, 0.6) is 23.1 Å². The quantitative estimate of drug-likeness (QED) is 0.270. The lowest BCUT2D eigenvalue weighted by atomic mass is 10.2. The molecule has 0 bridgehead atoms. The van der Waals surface area contributed by atoms with Gasteiger partial charge < -0.3 is 19.3 Å². The Labute approximate surface area is 220 Å². The number of benzene rings is 4. The van der Waals surface area contributed by atoms with Crippen LogP contribution in [0.15, 0.2) is 95.9 Å². The molecule has 0 aliphatic heterocycles. The second-order valence-corrected chi connectivity index (χ2v) is 10.5. The van der Waals surface area contributed by atoms with Gasteiger partial charge in [-0.15, -0.1) is 9.19 Å². The molecule has 194 valence electrons. The number of aryl methyl sites for hydroxylation is 1. The first kappa shape index (κ1) is 25.2. The molecule has 0 saturated carbocycles. The van der Waals surface area contributed by atoms with E-state index in [2.05, 4.69) is 5.10 Å². The first-order chi connectivity index (χ1) is 18.3. The van der Waals surface area contributed by atoms with Crippen molar-refractivity contribution in [2.75, 3.05) is 7.11 Å². The van der Waals surface area contributed by atoms with Gasteiger partial charge in [-0.2, -0.15) is 8.42 Å². The number of phenols is 1. The maximum Gasteiger partial charge on any atom is 0.283 e. The summed E-state index contributed by atoms with van der Waals surface area (Å²) >= 11 is 0. The largest absolute Gasteiger partial charge is 0.508 e. The van der Waals surface area contributed by atoms with E-state index in [9.17, 15) is 13.5 Å². The number of methoxy groups -OCH3 is 1. The van der Waals surface area contributed by atoms with Crippen LogP contribution in [0.4, 0.5) is 0 Å². The molecule has 0 fully saturated rings. The summed E-state index contributed by atoms with van der Waals surface area (Å²) in [6.07, 6.45) is 0. The number of rotatable bonds is 9. The zero-order valence-corrected chi connectivity index (χ0v) is 21.7. The van der Waals surface area contributed by atoms with Crippen LogP contribution < -0.4 is 14.2 Å². The monoisotopic (exact) mass is 530 g/mol. The first-order valence-corrected chi connectivity index (χ1v) is 13.3. The number of aromatic nitrogens is 2. The molecule has 0 atom stereocenters. The van der Waals surface area contributed by atoms with E-state index in [4.69, 9.17) is 14.2 Å². The zero-order valence-electron chi connectivity index (χ0n) is 20.9. The number of phenolic OH excluding ortho intramolecular Hbond substituents is 1. The molecule has 5 rings (SSSR count). The van der Waals surface area contributed by atoms with Gasteiger partial charge in [0.1, 0.15) is 30.5 Å². The molecule has 9 heteroatoms. The molecule has 5 aromatic rings. The summed E-state index contributed by atoms with van der Waals surface area (Å²) in [6.45, 7) is 2.32. The fourth-order valence-electron chi connectivity index (χ4n) is 3.88. The lowest BCUT2D eigenvalue weighted by molar-refractivity contribution is 0.293. The summed E-state index contributed by atoms with van der Waals surface area (Å²) in [4.78, 5) is -0.0848. The van der Waals surface area contributed by atoms with E-state index in [0.29, 0.717) is 28.8 Å². The van der Waals surface area contributed by atoms with Crippen molar-refractivity contribution >= 4 is 20.9 Å². The summed E-state index contributed by atoms with van der Waals surface area (Å²) in [5, 5.41) is 14.9. The van der Waals surface area contributed by atoms with Crippen LogP contribution in [-0.2, 0) is 23.2 Å².